The van der Waals surface area contributed by atoms with Gasteiger partial charge in [-0.3, -0.25) is 14.5 Å². The van der Waals surface area contributed by atoms with Crippen LogP contribution in [0.25, 0.3) is 0 Å². The van der Waals surface area contributed by atoms with Crippen molar-refractivity contribution in [2.75, 3.05) is 18.9 Å². The Kier molecular flexibility index (Phi) is 6.84. The number of para-hydroxylation sites is 1. The van der Waals surface area contributed by atoms with E-state index in [2.05, 4.69) is 11.4 Å². The molecule has 0 unspecified atom stereocenters. The summed E-state index contributed by atoms with van der Waals surface area (Å²) in [6.07, 6.45) is -0.214. The number of rotatable bonds is 6. The standard InChI is InChI=1S/C30H28N4O4/c1-33(29(37)38-19-22-12-6-3-7-13-22)26(16-21-10-4-2-5-11-21)27(35)34-20-30(17-23(34)18-31)24-14-8-9-15-25(24)32-28(30)36/h2-15,23,26H,16-17,19-20H2,1H3,(H,32,36)/t23-,26-,30-/m0/s1. The molecule has 2 aliphatic heterocycles. The van der Waals surface area contributed by atoms with Crippen molar-refractivity contribution >= 4 is 23.6 Å². The maximum absolute atomic E-state index is 14.1. The molecule has 2 heterocycles. The Morgan fingerprint density at radius 3 is 2.37 bits per heavy atom. The van der Waals surface area contributed by atoms with Crippen LogP contribution in [0.5, 0.6) is 0 Å². The molecule has 0 aliphatic carbocycles. The molecular weight excluding hydrogens is 480 g/mol. The number of amides is 3. The molecule has 3 atom stereocenters. The third-order valence-electron chi connectivity index (χ3n) is 7.43. The summed E-state index contributed by atoms with van der Waals surface area (Å²) in [5, 5.41) is 12.9. The molecule has 0 aromatic heterocycles. The van der Waals surface area contributed by atoms with E-state index >= 15 is 0 Å². The number of hydrogen-bond acceptors (Lipinski definition) is 5. The van der Waals surface area contributed by atoms with Crippen LogP contribution in [-0.2, 0) is 32.8 Å². The quantitative estimate of drug-likeness (QED) is 0.544. The van der Waals surface area contributed by atoms with Crippen molar-refractivity contribution in [3.8, 4) is 6.07 Å². The maximum Gasteiger partial charge on any atom is 0.410 e. The van der Waals surface area contributed by atoms with Gasteiger partial charge in [-0.2, -0.15) is 5.26 Å². The fourth-order valence-electron chi connectivity index (χ4n) is 5.35. The molecule has 8 heteroatoms. The van der Waals surface area contributed by atoms with Crippen molar-refractivity contribution in [1.29, 1.82) is 5.26 Å². The van der Waals surface area contributed by atoms with Crippen molar-refractivity contribution in [2.45, 2.75) is 36.9 Å². The van der Waals surface area contributed by atoms with Crippen LogP contribution in [-0.4, -0.2) is 53.4 Å². The lowest BCUT2D eigenvalue weighted by molar-refractivity contribution is -0.136. The maximum atomic E-state index is 14.1. The Balaban J connectivity index is 1.42. The van der Waals surface area contributed by atoms with Crippen molar-refractivity contribution in [3.05, 3.63) is 102 Å². The second-order valence-electron chi connectivity index (χ2n) is 9.75. The summed E-state index contributed by atoms with van der Waals surface area (Å²) in [4.78, 5) is 43.1. The number of nitriles is 1. The highest BCUT2D eigenvalue weighted by Gasteiger charge is 2.56. The fourth-order valence-corrected chi connectivity index (χ4v) is 5.35. The van der Waals surface area contributed by atoms with Crippen LogP contribution in [0.3, 0.4) is 0 Å². The molecule has 1 N–H and O–H groups in total. The van der Waals surface area contributed by atoms with Crippen LogP contribution >= 0.6 is 0 Å². The van der Waals surface area contributed by atoms with E-state index in [0.29, 0.717) is 5.69 Å². The number of ether oxygens (including phenoxy) is 1. The van der Waals surface area contributed by atoms with Gasteiger partial charge in [0.1, 0.15) is 18.7 Å². The number of benzene rings is 3. The number of anilines is 1. The lowest BCUT2D eigenvalue weighted by Crippen LogP contribution is -2.52. The van der Waals surface area contributed by atoms with Gasteiger partial charge in [0.2, 0.25) is 11.8 Å². The molecule has 2 aliphatic rings. The molecule has 3 aromatic rings. The number of carbonyl (C=O) groups is 3. The molecule has 3 aromatic carbocycles. The van der Waals surface area contributed by atoms with Gasteiger partial charge in [0, 0.05) is 32.1 Å². The lowest BCUT2D eigenvalue weighted by atomic mass is 9.80. The third kappa shape index (κ3) is 4.59. The highest BCUT2D eigenvalue weighted by Crippen LogP contribution is 2.46. The summed E-state index contributed by atoms with van der Waals surface area (Å²) in [6.45, 7) is 0.131. The van der Waals surface area contributed by atoms with Gasteiger partial charge >= 0.3 is 6.09 Å². The minimum absolute atomic E-state index is 0.0606. The van der Waals surface area contributed by atoms with Gasteiger partial charge in [-0.15, -0.1) is 0 Å². The summed E-state index contributed by atoms with van der Waals surface area (Å²) in [6, 6.07) is 26.5. The number of likely N-dealkylation sites (tertiary alicyclic amines) is 1. The number of likely N-dealkylation sites (N-methyl/N-ethyl adjacent to an activating group) is 1. The van der Waals surface area contributed by atoms with Gasteiger partial charge in [-0.05, 0) is 22.8 Å². The van der Waals surface area contributed by atoms with Gasteiger partial charge in [-0.1, -0.05) is 78.9 Å². The zero-order valence-corrected chi connectivity index (χ0v) is 21.0. The average molecular weight is 509 g/mol. The molecule has 1 fully saturated rings. The van der Waals surface area contributed by atoms with Gasteiger partial charge in [0.15, 0.2) is 0 Å². The van der Waals surface area contributed by atoms with E-state index in [1.807, 2.05) is 84.9 Å². The summed E-state index contributed by atoms with van der Waals surface area (Å²) in [5.74, 6) is -0.613. The normalized spacial score (nSPS) is 20.4. The highest BCUT2D eigenvalue weighted by atomic mass is 16.6. The second-order valence-corrected chi connectivity index (χ2v) is 9.75. The van der Waals surface area contributed by atoms with Crippen LogP contribution in [0.2, 0.25) is 0 Å². The molecule has 0 bridgehead atoms. The van der Waals surface area contributed by atoms with Crippen molar-refractivity contribution < 1.29 is 19.1 Å². The van der Waals surface area contributed by atoms with Gasteiger partial charge in [0.25, 0.3) is 0 Å². The summed E-state index contributed by atoms with van der Waals surface area (Å²) >= 11 is 0. The fraction of sp³-hybridized carbons (Fsp3) is 0.267. The lowest BCUT2D eigenvalue weighted by Gasteiger charge is -2.32. The number of fused-ring (bicyclic) bond motifs is 2. The Hall–Kier alpha value is -4.64. The molecule has 1 spiro atoms. The van der Waals surface area contributed by atoms with E-state index in [1.54, 1.807) is 0 Å². The smallest absolute Gasteiger partial charge is 0.410 e. The largest absolute Gasteiger partial charge is 0.445 e. The third-order valence-corrected chi connectivity index (χ3v) is 7.43. The predicted molar refractivity (Wildman–Crippen MR) is 141 cm³/mol. The zero-order valence-electron chi connectivity index (χ0n) is 21.0. The molecule has 3 amide bonds. The van der Waals surface area contributed by atoms with Gasteiger partial charge in [0.05, 0.1) is 11.5 Å². The minimum atomic E-state index is -1.00. The van der Waals surface area contributed by atoms with E-state index in [1.165, 1.54) is 16.8 Å². The molecule has 192 valence electrons. The molecule has 5 rings (SSSR count). The zero-order chi connectivity index (χ0) is 26.7. The van der Waals surface area contributed by atoms with Crippen LogP contribution in [0.4, 0.5) is 10.5 Å². The Bertz CT molecular complexity index is 1390. The number of nitrogens with zero attached hydrogens (tertiary/aromatic N) is 3. The number of carbonyl (C=O) groups excluding carboxylic acids is 3. The van der Waals surface area contributed by atoms with E-state index in [4.69, 9.17) is 4.74 Å². The van der Waals surface area contributed by atoms with Gasteiger partial charge in [-0.25, -0.2) is 4.79 Å². The first-order valence-electron chi connectivity index (χ1n) is 12.5. The first-order valence-corrected chi connectivity index (χ1v) is 12.5. The first-order chi connectivity index (χ1) is 18.4. The van der Waals surface area contributed by atoms with Crippen LogP contribution in [0.15, 0.2) is 84.9 Å². The van der Waals surface area contributed by atoms with Crippen molar-refractivity contribution in [1.82, 2.24) is 9.80 Å². The molecule has 1 saturated heterocycles. The molecule has 0 saturated carbocycles. The Labute approximate surface area is 221 Å². The Morgan fingerprint density at radius 2 is 1.68 bits per heavy atom. The minimum Gasteiger partial charge on any atom is -0.445 e. The molecule has 0 radical (unpaired) electrons. The van der Waals surface area contributed by atoms with Gasteiger partial charge < -0.3 is 15.0 Å². The summed E-state index contributed by atoms with van der Waals surface area (Å²) in [5.41, 5.74) is 2.18. The van der Waals surface area contributed by atoms with E-state index in [-0.39, 0.29) is 31.9 Å². The molecule has 38 heavy (non-hydrogen) atoms. The Morgan fingerprint density at radius 1 is 1.05 bits per heavy atom. The summed E-state index contributed by atoms with van der Waals surface area (Å²) in [7, 11) is 1.53. The SMILES string of the molecule is CN(C(=O)OCc1ccccc1)[C@@H](Cc1ccccc1)C(=O)N1C[C@]2(C[C@H]1C#N)C(=O)Nc1ccccc12. The van der Waals surface area contributed by atoms with E-state index in [0.717, 1.165) is 16.7 Å². The van der Waals surface area contributed by atoms with Crippen LogP contribution in [0, 0.1) is 11.3 Å². The molecular formula is C30H28N4O4. The van der Waals surface area contributed by atoms with Crippen LogP contribution in [0.1, 0.15) is 23.1 Å². The first kappa shape index (κ1) is 25.0. The topological polar surface area (TPSA) is 103 Å². The monoisotopic (exact) mass is 508 g/mol. The predicted octanol–water partition coefficient (Wildman–Crippen LogP) is 3.88. The number of hydrogen-bond donors (Lipinski definition) is 1. The van der Waals surface area contributed by atoms with Crippen LogP contribution < -0.4 is 5.32 Å². The second kappa shape index (κ2) is 10.4. The van der Waals surface area contributed by atoms with Crippen molar-refractivity contribution in [3.63, 3.8) is 0 Å². The summed E-state index contributed by atoms with van der Waals surface area (Å²) < 4.78 is 5.52. The number of nitrogens with one attached hydrogen (secondary N) is 1. The van der Waals surface area contributed by atoms with E-state index in [9.17, 15) is 19.6 Å². The molecule has 8 nitrogen and oxygen atoms in total. The average Bonchev–Trinajstić information content (AvgIpc) is 3.48. The van der Waals surface area contributed by atoms with E-state index < -0.39 is 29.5 Å². The van der Waals surface area contributed by atoms with Crippen molar-refractivity contribution in [2.24, 2.45) is 0 Å². The highest BCUT2D eigenvalue weighted by molar-refractivity contribution is 6.07.